The molecule has 0 aliphatic carbocycles. The molecule has 5 heteroatoms. The van der Waals surface area contributed by atoms with Crippen molar-refractivity contribution in [3.8, 4) is 0 Å². The molecule has 0 radical (unpaired) electrons. The Hall–Kier alpha value is -4.12. The topological polar surface area (TPSA) is 72.8 Å². The number of esters is 1. The van der Waals surface area contributed by atoms with Crippen LogP contribution in [-0.4, -0.2) is 29.3 Å². The normalized spacial score (nSPS) is 11.6. The van der Waals surface area contributed by atoms with Gasteiger partial charge in [0.2, 0.25) is 0 Å². The summed E-state index contributed by atoms with van der Waals surface area (Å²) in [5.74, 6) is -0.918. The predicted molar refractivity (Wildman–Crippen MR) is 160 cm³/mol. The van der Waals surface area contributed by atoms with Crippen molar-refractivity contribution in [3.63, 3.8) is 0 Å². The molecule has 0 saturated carbocycles. The van der Waals surface area contributed by atoms with E-state index in [1.54, 1.807) is 0 Å². The average Bonchev–Trinajstić information content (AvgIpc) is 2.99. The molecule has 0 bridgehead atoms. The Labute approximate surface area is 238 Å². The highest BCUT2D eigenvalue weighted by Gasteiger charge is 2.23. The molecule has 0 aliphatic heterocycles. The number of hydrogen-bond acceptors (Lipinski definition) is 5. The third-order valence-corrected chi connectivity index (χ3v) is 6.47. The minimum Gasteiger partial charge on any atom is -0.459 e. The van der Waals surface area contributed by atoms with E-state index in [0.717, 1.165) is 36.0 Å². The fourth-order valence-electron chi connectivity index (χ4n) is 4.27. The third-order valence-electron chi connectivity index (χ3n) is 6.47. The summed E-state index contributed by atoms with van der Waals surface area (Å²) in [6, 6.07) is 27.8. The van der Waals surface area contributed by atoms with Crippen LogP contribution in [0.2, 0.25) is 0 Å². The first-order valence-electron chi connectivity index (χ1n) is 14.2. The van der Waals surface area contributed by atoms with Crippen molar-refractivity contribution in [1.29, 1.82) is 0 Å². The van der Waals surface area contributed by atoms with Gasteiger partial charge in [-0.25, -0.2) is 4.79 Å². The number of unbranched alkanes of at least 4 members (excludes halogenated alkanes) is 4. The van der Waals surface area contributed by atoms with Crippen LogP contribution in [0.25, 0.3) is 0 Å². The summed E-state index contributed by atoms with van der Waals surface area (Å²) in [6.07, 6.45) is 8.78. The molecule has 5 nitrogen and oxygen atoms in total. The van der Waals surface area contributed by atoms with Gasteiger partial charge in [-0.05, 0) is 30.9 Å². The van der Waals surface area contributed by atoms with E-state index in [9.17, 15) is 14.4 Å². The second-order valence-corrected chi connectivity index (χ2v) is 9.79. The highest BCUT2D eigenvalue weighted by atomic mass is 16.5. The highest BCUT2D eigenvalue weighted by Crippen LogP contribution is 2.17. The largest absolute Gasteiger partial charge is 0.459 e. The molecule has 208 valence electrons. The SMILES string of the molecule is CCCCCC/C=C/C(=O)CC(=O)CC[C@H](N=C(c1ccccc1)c1ccccc1)C(=O)OCc1ccccc1. The Morgan fingerprint density at radius 1 is 0.800 bits per heavy atom. The van der Waals surface area contributed by atoms with Crippen LogP contribution in [0.3, 0.4) is 0 Å². The lowest BCUT2D eigenvalue weighted by Gasteiger charge is -2.15. The predicted octanol–water partition coefficient (Wildman–Crippen LogP) is 7.47. The number of allylic oxidation sites excluding steroid dienone is 2. The molecule has 0 aromatic heterocycles. The van der Waals surface area contributed by atoms with Gasteiger partial charge in [0.1, 0.15) is 18.4 Å². The van der Waals surface area contributed by atoms with E-state index < -0.39 is 12.0 Å². The summed E-state index contributed by atoms with van der Waals surface area (Å²) in [5.41, 5.74) is 3.24. The van der Waals surface area contributed by atoms with Crippen molar-refractivity contribution in [2.24, 2.45) is 4.99 Å². The molecule has 0 N–H and O–H groups in total. The molecular formula is C35H39NO4. The van der Waals surface area contributed by atoms with E-state index in [1.807, 2.05) is 97.1 Å². The van der Waals surface area contributed by atoms with E-state index >= 15 is 0 Å². The highest BCUT2D eigenvalue weighted by molar-refractivity contribution is 6.13. The van der Waals surface area contributed by atoms with Crippen molar-refractivity contribution in [2.75, 3.05) is 0 Å². The Balaban J connectivity index is 1.73. The molecular weight excluding hydrogens is 498 g/mol. The number of hydrogen-bond donors (Lipinski definition) is 0. The first kappa shape index (κ1) is 30.4. The first-order chi connectivity index (χ1) is 19.6. The molecule has 0 spiro atoms. The fourth-order valence-corrected chi connectivity index (χ4v) is 4.27. The number of carbonyl (C=O) groups excluding carboxylic acids is 3. The lowest BCUT2D eigenvalue weighted by Crippen LogP contribution is -2.25. The van der Waals surface area contributed by atoms with Crippen LogP contribution in [0.4, 0.5) is 0 Å². The minimum absolute atomic E-state index is 0.0571. The van der Waals surface area contributed by atoms with Crippen molar-refractivity contribution >= 4 is 23.2 Å². The molecule has 0 fully saturated rings. The van der Waals surface area contributed by atoms with Gasteiger partial charge in [-0.3, -0.25) is 14.6 Å². The van der Waals surface area contributed by atoms with Crippen LogP contribution < -0.4 is 0 Å². The molecule has 0 amide bonds. The number of nitrogens with zero attached hydrogens (tertiary/aromatic N) is 1. The van der Waals surface area contributed by atoms with Gasteiger partial charge >= 0.3 is 5.97 Å². The van der Waals surface area contributed by atoms with Gasteiger partial charge in [-0.1, -0.05) is 123 Å². The van der Waals surface area contributed by atoms with Crippen molar-refractivity contribution in [1.82, 2.24) is 0 Å². The monoisotopic (exact) mass is 537 g/mol. The number of aliphatic imine (C=N–C) groups is 1. The van der Waals surface area contributed by atoms with Gasteiger partial charge in [0, 0.05) is 17.5 Å². The molecule has 40 heavy (non-hydrogen) atoms. The van der Waals surface area contributed by atoms with Crippen LogP contribution in [-0.2, 0) is 25.7 Å². The second-order valence-electron chi connectivity index (χ2n) is 9.79. The van der Waals surface area contributed by atoms with E-state index in [1.165, 1.54) is 18.9 Å². The van der Waals surface area contributed by atoms with Crippen LogP contribution in [0, 0.1) is 0 Å². The molecule has 0 unspecified atom stereocenters. The molecule has 3 aromatic rings. The molecule has 0 heterocycles. The summed E-state index contributed by atoms with van der Waals surface area (Å²) in [4.78, 5) is 43.1. The van der Waals surface area contributed by atoms with Crippen molar-refractivity contribution in [2.45, 2.75) is 70.9 Å². The van der Waals surface area contributed by atoms with Gasteiger partial charge < -0.3 is 4.74 Å². The maximum absolute atomic E-state index is 13.3. The van der Waals surface area contributed by atoms with Gasteiger partial charge in [0.15, 0.2) is 5.78 Å². The van der Waals surface area contributed by atoms with Gasteiger partial charge in [0.05, 0.1) is 12.1 Å². The van der Waals surface area contributed by atoms with Crippen LogP contribution in [0.1, 0.15) is 75.0 Å². The number of rotatable bonds is 17. The summed E-state index contributed by atoms with van der Waals surface area (Å²) in [5, 5.41) is 0. The molecule has 1 atom stereocenters. The zero-order valence-electron chi connectivity index (χ0n) is 23.3. The number of ether oxygens (including phenoxy) is 1. The standard InChI is InChI=1S/C35H39NO4/c1-2-3-4-5-6-16-23-31(37)26-32(38)24-25-33(35(39)40-27-28-17-10-7-11-18-28)36-34(29-19-12-8-13-20-29)30-21-14-9-15-22-30/h7-23,33H,2-6,24-27H2,1H3/b23-16+/t33-/m0/s1. The van der Waals surface area contributed by atoms with E-state index in [0.29, 0.717) is 5.71 Å². The smallest absolute Gasteiger partial charge is 0.331 e. The van der Waals surface area contributed by atoms with Crippen LogP contribution in [0.15, 0.2) is 108 Å². The van der Waals surface area contributed by atoms with Gasteiger partial charge in [-0.2, -0.15) is 0 Å². The van der Waals surface area contributed by atoms with Gasteiger partial charge in [-0.15, -0.1) is 0 Å². The van der Waals surface area contributed by atoms with E-state index in [4.69, 9.17) is 9.73 Å². The number of carbonyl (C=O) groups is 3. The Kier molecular flexibility index (Phi) is 13.3. The van der Waals surface area contributed by atoms with Gasteiger partial charge in [0.25, 0.3) is 0 Å². The Bertz CT molecular complexity index is 1210. The minimum atomic E-state index is -0.896. The van der Waals surface area contributed by atoms with Crippen molar-refractivity contribution in [3.05, 3.63) is 120 Å². The zero-order valence-corrected chi connectivity index (χ0v) is 23.3. The second kappa shape index (κ2) is 17.5. The summed E-state index contributed by atoms with van der Waals surface area (Å²) < 4.78 is 5.63. The average molecular weight is 538 g/mol. The van der Waals surface area contributed by atoms with Crippen molar-refractivity contribution < 1.29 is 19.1 Å². The van der Waals surface area contributed by atoms with Crippen LogP contribution >= 0.6 is 0 Å². The Morgan fingerprint density at radius 3 is 2.00 bits per heavy atom. The molecule has 0 saturated heterocycles. The lowest BCUT2D eigenvalue weighted by atomic mass is 10.0. The summed E-state index contributed by atoms with van der Waals surface area (Å²) >= 11 is 0. The van der Waals surface area contributed by atoms with E-state index in [2.05, 4.69) is 6.92 Å². The molecule has 3 aromatic carbocycles. The third kappa shape index (κ3) is 10.9. The summed E-state index contributed by atoms with van der Waals surface area (Å²) in [6.45, 7) is 2.28. The van der Waals surface area contributed by atoms with E-state index in [-0.39, 0.29) is 37.4 Å². The number of benzene rings is 3. The maximum Gasteiger partial charge on any atom is 0.331 e. The Morgan fingerprint density at radius 2 is 1.40 bits per heavy atom. The quantitative estimate of drug-likeness (QED) is 0.0589. The van der Waals surface area contributed by atoms with Crippen LogP contribution in [0.5, 0.6) is 0 Å². The molecule has 0 aliphatic rings. The molecule has 3 rings (SSSR count). The maximum atomic E-state index is 13.3. The fraction of sp³-hybridized carbons (Fsp3) is 0.314. The first-order valence-corrected chi connectivity index (χ1v) is 14.2. The summed E-state index contributed by atoms with van der Waals surface area (Å²) in [7, 11) is 0. The lowest BCUT2D eigenvalue weighted by molar-refractivity contribution is -0.146. The number of ketones is 2. The number of Topliss-reactive ketones (excluding diaryl/α,β-unsaturated/α-hetero) is 1. The zero-order chi connectivity index (χ0) is 28.4.